The Bertz CT molecular complexity index is 467. The molecule has 0 aliphatic heterocycles. The summed E-state index contributed by atoms with van der Waals surface area (Å²) < 4.78 is 13.1. The second-order valence-electron chi connectivity index (χ2n) is 5.00. The second-order valence-corrected chi connectivity index (χ2v) is 5.00. The van der Waals surface area contributed by atoms with Gasteiger partial charge in [-0.05, 0) is 36.6 Å². The maximum atomic E-state index is 13.1. The third-order valence-electron chi connectivity index (χ3n) is 3.60. The summed E-state index contributed by atoms with van der Waals surface area (Å²) in [7, 11) is 0. The molecule has 1 aromatic rings. The molecule has 1 fully saturated rings. The smallest absolute Gasteiger partial charge is 0.227 e. The Labute approximate surface area is 112 Å². The highest BCUT2D eigenvalue weighted by Gasteiger charge is 2.21. The van der Waals surface area contributed by atoms with Crippen LogP contribution in [-0.4, -0.2) is 12.2 Å². The van der Waals surface area contributed by atoms with E-state index in [1.165, 1.54) is 24.6 Å². The van der Waals surface area contributed by atoms with E-state index < -0.39 is 5.82 Å². The first-order valence-electron chi connectivity index (χ1n) is 6.73. The van der Waals surface area contributed by atoms with Crippen molar-refractivity contribution in [3.05, 3.63) is 29.6 Å². The molecule has 1 N–H and O–H groups in total. The van der Waals surface area contributed by atoms with Crippen LogP contribution in [-0.2, 0) is 16.0 Å². The fourth-order valence-corrected chi connectivity index (χ4v) is 2.54. The van der Waals surface area contributed by atoms with Gasteiger partial charge in [-0.25, -0.2) is 4.39 Å². The molecule has 0 bridgehead atoms. The zero-order chi connectivity index (χ0) is 13.7. The van der Waals surface area contributed by atoms with Crippen molar-refractivity contribution in [1.82, 2.24) is 0 Å². The highest BCUT2D eigenvalue weighted by molar-refractivity contribution is 5.93. The molecule has 1 aliphatic carbocycles. The van der Waals surface area contributed by atoms with Gasteiger partial charge in [0.25, 0.3) is 0 Å². The van der Waals surface area contributed by atoms with Crippen molar-refractivity contribution in [2.24, 2.45) is 5.92 Å². The third kappa shape index (κ3) is 3.63. The third-order valence-corrected chi connectivity index (χ3v) is 3.60. The second kappa shape index (κ2) is 6.45. The van der Waals surface area contributed by atoms with Crippen molar-refractivity contribution in [1.29, 1.82) is 0 Å². The molecule has 1 aromatic carbocycles. The number of hydrogen-bond acceptors (Lipinski definition) is 2. The molecule has 2 rings (SSSR count). The number of anilines is 1. The predicted octanol–water partition coefficient (Wildman–Crippen LogP) is 3.09. The van der Waals surface area contributed by atoms with Gasteiger partial charge < -0.3 is 10.1 Å². The Morgan fingerprint density at radius 3 is 2.74 bits per heavy atom. The van der Waals surface area contributed by atoms with Gasteiger partial charge in [-0.15, -0.1) is 0 Å². The molecule has 0 spiro atoms. The Balaban J connectivity index is 2.08. The van der Waals surface area contributed by atoms with E-state index in [9.17, 15) is 14.0 Å². The number of halogens is 1. The van der Waals surface area contributed by atoms with E-state index in [0.717, 1.165) is 25.7 Å². The van der Waals surface area contributed by atoms with Crippen LogP contribution < -0.4 is 5.32 Å². The summed E-state index contributed by atoms with van der Waals surface area (Å²) in [5, 5.41) is 2.83. The van der Waals surface area contributed by atoms with Crippen LogP contribution in [0.15, 0.2) is 18.2 Å². The molecule has 102 valence electrons. The van der Waals surface area contributed by atoms with E-state index in [4.69, 9.17) is 0 Å². The van der Waals surface area contributed by atoms with Gasteiger partial charge >= 0.3 is 0 Å². The fraction of sp³-hybridized carbons (Fsp3) is 0.467. The van der Waals surface area contributed by atoms with Crippen LogP contribution in [0, 0.1) is 11.7 Å². The quantitative estimate of drug-likeness (QED) is 0.848. The number of benzene rings is 1. The molecule has 0 radical (unpaired) electrons. The first-order chi connectivity index (χ1) is 9.20. The normalized spacial score (nSPS) is 16.1. The molecule has 1 aliphatic rings. The highest BCUT2D eigenvalue weighted by Crippen LogP contribution is 2.26. The predicted molar refractivity (Wildman–Crippen MR) is 71.4 cm³/mol. The number of amides is 1. The molecule has 19 heavy (non-hydrogen) atoms. The fourth-order valence-electron chi connectivity index (χ4n) is 2.54. The van der Waals surface area contributed by atoms with Gasteiger partial charge in [0.15, 0.2) is 0 Å². The molecule has 0 atom stereocenters. The van der Waals surface area contributed by atoms with Crippen molar-refractivity contribution in [3.8, 4) is 0 Å². The minimum atomic E-state index is -0.396. The minimum absolute atomic E-state index is 0.0153. The van der Waals surface area contributed by atoms with Gasteiger partial charge in [-0.2, -0.15) is 0 Å². The average Bonchev–Trinajstić information content (AvgIpc) is 2.43. The molecule has 1 amide bonds. The first kappa shape index (κ1) is 13.7. The zero-order valence-electron chi connectivity index (χ0n) is 10.8. The molecule has 0 unspecified atom stereocenters. The van der Waals surface area contributed by atoms with E-state index in [0.29, 0.717) is 17.5 Å². The van der Waals surface area contributed by atoms with Crippen LogP contribution in [0.2, 0.25) is 0 Å². The summed E-state index contributed by atoms with van der Waals surface area (Å²) in [5.74, 6) is -0.367. The molecular weight excluding hydrogens is 245 g/mol. The van der Waals surface area contributed by atoms with Crippen LogP contribution >= 0.6 is 0 Å². The maximum Gasteiger partial charge on any atom is 0.227 e. The van der Waals surface area contributed by atoms with E-state index >= 15 is 0 Å². The number of rotatable bonds is 4. The lowest BCUT2D eigenvalue weighted by Crippen LogP contribution is -2.25. The van der Waals surface area contributed by atoms with Crippen molar-refractivity contribution in [3.63, 3.8) is 0 Å². The molecule has 1 saturated carbocycles. The van der Waals surface area contributed by atoms with Crippen LogP contribution in [0.1, 0.15) is 37.7 Å². The molecular formula is C15H18FNO2. The van der Waals surface area contributed by atoms with Crippen molar-refractivity contribution < 1.29 is 14.0 Å². The Morgan fingerprint density at radius 1 is 1.32 bits per heavy atom. The Kier molecular flexibility index (Phi) is 4.66. The molecule has 0 saturated heterocycles. The van der Waals surface area contributed by atoms with Gasteiger partial charge in [0.05, 0.1) is 0 Å². The van der Waals surface area contributed by atoms with Gasteiger partial charge in [-0.3, -0.25) is 4.79 Å². The standard InChI is InChI=1S/C15H18FNO2/c16-13-6-7-14(12(10-13)8-9-18)17-15(19)11-4-2-1-3-5-11/h6-7,9-11H,1-5,8H2,(H,17,19). The molecule has 0 heterocycles. The van der Waals surface area contributed by atoms with E-state index in [1.807, 2.05) is 0 Å². The number of aldehydes is 1. The molecule has 4 heteroatoms. The van der Waals surface area contributed by atoms with Crippen molar-refractivity contribution in [2.45, 2.75) is 38.5 Å². The van der Waals surface area contributed by atoms with Crippen LogP contribution in [0.4, 0.5) is 10.1 Å². The lowest BCUT2D eigenvalue weighted by atomic mass is 9.88. The maximum absolute atomic E-state index is 13.1. The SMILES string of the molecule is O=CCc1cc(F)ccc1NC(=O)C1CCCCC1. The van der Waals surface area contributed by atoms with Crippen LogP contribution in [0.25, 0.3) is 0 Å². The zero-order valence-corrected chi connectivity index (χ0v) is 10.8. The van der Waals surface area contributed by atoms with E-state index in [1.54, 1.807) is 0 Å². The lowest BCUT2D eigenvalue weighted by Gasteiger charge is -2.21. The summed E-state index contributed by atoms with van der Waals surface area (Å²) in [6.07, 6.45) is 6.01. The summed E-state index contributed by atoms with van der Waals surface area (Å²) in [6.45, 7) is 0. The summed E-state index contributed by atoms with van der Waals surface area (Å²) in [6, 6.07) is 4.12. The van der Waals surface area contributed by atoms with Gasteiger partial charge in [-0.1, -0.05) is 19.3 Å². The van der Waals surface area contributed by atoms with Gasteiger partial charge in [0.1, 0.15) is 12.1 Å². The highest BCUT2D eigenvalue weighted by atomic mass is 19.1. The number of nitrogens with one attached hydrogen (secondary N) is 1. The van der Waals surface area contributed by atoms with Crippen LogP contribution in [0.3, 0.4) is 0 Å². The number of carbonyl (C=O) groups excluding carboxylic acids is 2. The summed E-state index contributed by atoms with van der Waals surface area (Å²) in [4.78, 5) is 22.7. The van der Waals surface area contributed by atoms with E-state index in [-0.39, 0.29) is 18.2 Å². The lowest BCUT2D eigenvalue weighted by molar-refractivity contribution is -0.120. The average molecular weight is 263 g/mol. The molecule has 0 aromatic heterocycles. The monoisotopic (exact) mass is 263 g/mol. The first-order valence-corrected chi connectivity index (χ1v) is 6.73. The van der Waals surface area contributed by atoms with Gasteiger partial charge in [0.2, 0.25) is 5.91 Å². The summed E-state index contributed by atoms with van der Waals surface area (Å²) in [5.41, 5.74) is 1.07. The van der Waals surface area contributed by atoms with Crippen LogP contribution in [0.5, 0.6) is 0 Å². The van der Waals surface area contributed by atoms with Gasteiger partial charge in [0, 0.05) is 18.0 Å². The topological polar surface area (TPSA) is 46.2 Å². The van der Waals surface area contributed by atoms with Crippen molar-refractivity contribution in [2.75, 3.05) is 5.32 Å². The van der Waals surface area contributed by atoms with Crippen molar-refractivity contribution >= 4 is 17.9 Å². The summed E-state index contributed by atoms with van der Waals surface area (Å²) >= 11 is 0. The largest absolute Gasteiger partial charge is 0.326 e. The van der Waals surface area contributed by atoms with E-state index in [2.05, 4.69) is 5.32 Å². The number of carbonyl (C=O) groups is 2. The molecule has 3 nitrogen and oxygen atoms in total. The Hall–Kier alpha value is -1.71. The minimum Gasteiger partial charge on any atom is -0.326 e. The number of hydrogen-bond donors (Lipinski definition) is 1. The Morgan fingerprint density at radius 2 is 2.05 bits per heavy atom.